The maximum Gasteiger partial charge on any atom is 0.229 e. The third kappa shape index (κ3) is 4.14. The number of nitrogens with one attached hydrogen (secondary N) is 3. The first-order valence-electron chi connectivity index (χ1n) is 10.8. The second-order valence-electron chi connectivity index (χ2n) is 8.12. The summed E-state index contributed by atoms with van der Waals surface area (Å²) in [6.45, 7) is 7.17. The van der Waals surface area contributed by atoms with Gasteiger partial charge in [-0.3, -0.25) is 4.90 Å². The number of nitrogens with zero attached hydrogens (tertiary/aromatic N) is 3. The fourth-order valence-electron chi connectivity index (χ4n) is 4.13. The van der Waals surface area contributed by atoms with Crippen molar-refractivity contribution in [2.24, 2.45) is 0 Å². The number of piperazine rings is 1. The van der Waals surface area contributed by atoms with Crippen molar-refractivity contribution >= 4 is 40.0 Å². The Bertz CT molecular complexity index is 1240. The summed E-state index contributed by atoms with van der Waals surface area (Å²) in [5, 5.41) is 8.37. The first kappa shape index (κ1) is 20.8. The summed E-state index contributed by atoms with van der Waals surface area (Å²) in [7, 11) is 0. The van der Waals surface area contributed by atoms with Crippen molar-refractivity contribution in [3.05, 3.63) is 64.8 Å². The van der Waals surface area contributed by atoms with Crippen LogP contribution in [0.2, 0.25) is 5.02 Å². The lowest BCUT2D eigenvalue weighted by molar-refractivity contribution is 0.233. The minimum Gasteiger partial charge on any atom is -0.383 e. The lowest BCUT2D eigenvalue weighted by Crippen LogP contribution is -2.42. The normalized spacial score (nSPS) is 14.7. The number of anilines is 3. The fraction of sp³-hybridized carbons (Fsp3) is 0.250. The van der Waals surface area contributed by atoms with Crippen LogP contribution in [-0.4, -0.2) is 46.0 Å². The van der Waals surface area contributed by atoms with Gasteiger partial charge in [0.2, 0.25) is 5.95 Å². The van der Waals surface area contributed by atoms with E-state index in [0.717, 1.165) is 66.1 Å². The molecule has 1 aliphatic heterocycles. The third-order valence-corrected chi connectivity index (χ3v) is 6.25. The van der Waals surface area contributed by atoms with Gasteiger partial charge in [-0.1, -0.05) is 29.8 Å². The van der Waals surface area contributed by atoms with E-state index in [2.05, 4.69) is 49.8 Å². The molecule has 5 rings (SSSR count). The zero-order chi connectivity index (χ0) is 22.1. The Kier molecular flexibility index (Phi) is 5.70. The average Bonchev–Trinajstić information content (AvgIpc) is 3.30. The SMILES string of the molecule is Cc1c(N)nc(Nc2ccc(CN3CCNCC3)cc2)nc1-c1ccc(Cl)c2[nH]ccc12. The lowest BCUT2D eigenvalue weighted by atomic mass is 10.0. The number of aromatic amines is 1. The Morgan fingerprint density at radius 1 is 1.06 bits per heavy atom. The molecular formula is C24H26ClN7. The molecule has 0 bridgehead atoms. The number of H-pyrrole nitrogens is 1. The average molecular weight is 448 g/mol. The number of rotatable bonds is 5. The van der Waals surface area contributed by atoms with E-state index in [4.69, 9.17) is 22.3 Å². The predicted molar refractivity (Wildman–Crippen MR) is 131 cm³/mol. The minimum atomic E-state index is 0.450. The van der Waals surface area contributed by atoms with Gasteiger partial charge in [0.1, 0.15) is 5.82 Å². The molecule has 0 saturated carbocycles. The van der Waals surface area contributed by atoms with Crippen LogP contribution >= 0.6 is 11.6 Å². The van der Waals surface area contributed by atoms with Gasteiger partial charge in [0.25, 0.3) is 0 Å². The van der Waals surface area contributed by atoms with Crippen molar-refractivity contribution in [3.63, 3.8) is 0 Å². The maximum atomic E-state index is 6.33. The highest BCUT2D eigenvalue weighted by atomic mass is 35.5. The van der Waals surface area contributed by atoms with Gasteiger partial charge in [0, 0.05) is 61.1 Å². The molecule has 4 aromatic rings. The lowest BCUT2D eigenvalue weighted by Gasteiger charge is -2.27. The minimum absolute atomic E-state index is 0.450. The van der Waals surface area contributed by atoms with Crippen LogP contribution in [-0.2, 0) is 6.54 Å². The van der Waals surface area contributed by atoms with Crippen molar-refractivity contribution in [1.82, 2.24) is 25.2 Å². The van der Waals surface area contributed by atoms with Gasteiger partial charge < -0.3 is 21.4 Å². The van der Waals surface area contributed by atoms with E-state index >= 15 is 0 Å². The number of fused-ring (bicyclic) bond motifs is 1. The monoisotopic (exact) mass is 447 g/mol. The van der Waals surface area contributed by atoms with Crippen LogP contribution in [0.4, 0.5) is 17.5 Å². The van der Waals surface area contributed by atoms with Crippen LogP contribution in [0.1, 0.15) is 11.1 Å². The first-order valence-corrected chi connectivity index (χ1v) is 11.2. The first-order chi connectivity index (χ1) is 15.6. The Labute approximate surface area is 192 Å². The molecule has 0 spiro atoms. The molecule has 0 radical (unpaired) electrons. The Balaban J connectivity index is 1.40. The number of nitrogens with two attached hydrogens (primary N) is 1. The molecule has 164 valence electrons. The molecule has 32 heavy (non-hydrogen) atoms. The Hall–Kier alpha value is -3.13. The number of hydrogen-bond donors (Lipinski definition) is 4. The summed E-state index contributed by atoms with van der Waals surface area (Å²) in [5.74, 6) is 0.919. The van der Waals surface area contributed by atoms with Gasteiger partial charge in [0.05, 0.1) is 16.2 Å². The molecule has 1 saturated heterocycles. The zero-order valence-electron chi connectivity index (χ0n) is 18.0. The van der Waals surface area contributed by atoms with E-state index in [1.165, 1.54) is 5.56 Å². The van der Waals surface area contributed by atoms with Crippen LogP contribution < -0.4 is 16.4 Å². The second kappa shape index (κ2) is 8.78. The highest BCUT2D eigenvalue weighted by Crippen LogP contribution is 2.35. The van der Waals surface area contributed by atoms with E-state index < -0.39 is 0 Å². The maximum absolute atomic E-state index is 6.33. The van der Waals surface area contributed by atoms with Gasteiger partial charge >= 0.3 is 0 Å². The second-order valence-corrected chi connectivity index (χ2v) is 8.52. The number of benzene rings is 2. The number of hydrogen-bond acceptors (Lipinski definition) is 6. The van der Waals surface area contributed by atoms with E-state index in [1.807, 2.05) is 31.3 Å². The Morgan fingerprint density at radius 2 is 1.84 bits per heavy atom. The summed E-state index contributed by atoms with van der Waals surface area (Å²) in [4.78, 5) is 14.9. The van der Waals surface area contributed by atoms with Gasteiger partial charge in [-0.2, -0.15) is 4.98 Å². The van der Waals surface area contributed by atoms with Crippen LogP contribution in [0.25, 0.3) is 22.2 Å². The van der Waals surface area contributed by atoms with Crippen molar-refractivity contribution in [2.75, 3.05) is 37.2 Å². The number of aromatic nitrogens is 3. The molecule has 0 atom stereocenters. The molecule has 0 aliphatic carbocycles. The summed E-state index contributed by atoms with van der Waals surface area (Å²) in [6.07, 6.45) is 1.88. The summed E-state index contributed by atoms with van der Waals surface area (Å²) in [5.41, 5.74) is 11.9. The summed E-state index contributed by atoms with van der Waals surface area (Å²) < 4.78 is 0. The van der Waals surface area contributed by atoms with Crippen LogP contribution in [0, 0.1) is 6.92 Å². The highest BCUT2D eigenvalue weighted by molar-refractivity contribution is 6.35. The van der Waals surface area contributed by atoms with E-state index in [0.29, 0.717) is 16.8 Å². The van der Waals surface area contributed by atoms with Gasteiger partial charge in [0.15, 0.2) is 0 Å². The summed E-state index contributed by atoms with van der Waals surface area (Å²) in [6, 6.07) is 14.3. The van der Waals surface area contributed by atoms with Crippen molar-refractivity contribution < 1.29 is 0 Å². The molecule has 8 heteroatoms. The van der Waals surface area contributed by atoms with Crippen LogP contribution in [0.3, 0.4) is 0 Å². The van der Waals surface area contributed by atoms with Gasteiger partial charge in [-0.15, -0.1) is 0 Å². The fourth-order valence-corrected chi connectivity index (χ4v) is 4.35. The number of nitrogen functional groups attached to an aromatic ring is 1. The van der Waals surface area contributed by atoms with Crippen molar-refractivity contribution in [1.29, 1.82) is 0 Å². The molecule has 5 N–H and O–H groups in total. The third-order valence-electron chi connectivity index (χ3n) is 5.94. The molecule has 2 aromatic carbocycles. The molecule has 0 amide bonds. The molecule has 2 aromatic heterocycles. The summed E-state index contributed by atoms with van der Waals surface area (Å²) >= 11 is 6.33. The van der Waals surface area contributed by atoms with Crippen LogP contribution in [0.15, 0.2) is 48.7 Å². The molecule has 7 nitrogen and oxygen atoms in total. The number of halogens is 1. The van der Waals surface area contributed by atoms with Gasteiger partial charge in [-0.05, 0) is 36.8 Å². The highest BCUT2D eigenvalue weighted by Gasteiger charge is 2.15. The van der Waals surface area contributed by atoms with Crippen LogP contribution in [0.5, 0.6) is 0 Å². The smallest absolute Gasteiger partial charge is 0.229 e. The van der Waals surface area contributed by atoms with E-state index in [9.17, 15) is 0 Å². The van der Waals surface area contributed by atoms with Crippen molar-refractivity contribution in [2.45, 2.75) is 13.5 Å². The van der Waals surface area contributed by atoms with E-state index in [-0.39, 0.29) is 0 Å². The largest absolute Gasteiger partial charge is 0.383 e. The molecule has 3 heterocycles. The Morgan fingerprint density at radius 3 is 2.62 bits per heavy atom. The zero-order valence-corrected chi connectivity index (χ0v) is 18.7. The quantitative estimate of drug-likeness (QED) is 0.364. The molecule has 1 fully saturated rings. The standard InChI is InChI=1S/C24H26ClN7/c1-15-21(18-6-7-20(25)22-19(18)8-9-28-22)30-24(31-23(15)26)29-17-4-2-16(3-5-17)14-32-12-10-27-11-13-32/h2-9,27-28H,10-14H2,1H3,(H3,26,29,30,31). The topological polar surface area (TPSA) is 94.9 Å². The van der Waals surface area contributed by atoms with Gasteiger partial charge in [-0.25, -0.2) is 4.98 Å². The van der Waals surface area contributed by atoms with E-state index in [1.54, 1.807) is 0 Å². The predicted octanol–water partition coefficient (Wildman–Crippen LogP) is 4.32. The molecular weight excluding hydrogens is 422 g/mol. The van der Waals surface area contributed by atoms with Crippen molar-refractivity contribution in [3.8, 4) is 11.3 Å². The molecule has 0 unspecified atom stereocenters. The molecule has 1 aliphatic rings.